The lowest BCUT2D eigenvalue weighted by atomic mass is 10.3. The van der Waals surface area contributed by atoms with E-state index in [2.05, 4.69) is 32.4 Å². The third-order valence-electron chi connectivity index (χ3n) is 5.14. The molecule has 0 aliphatic carbocycles. The molecule has 0 atom stereocenters. The lowest BCUT2D eigenvalue weighted by molar-refractivity contribution is -0.131. The number of rotatable bonds is 6. The zero-order chi connectivity index (χ0) is 19.9. The number of thiazole rings is 1. The molecule has 0 unspecified atom stereocenters. The fraction of sp³-hybridized carbons (Fsp3) is 0.737. The number of likely N-dealkylation sites (tertiary alicyclic amines) is 1. The number of hydrogen-bond acceptors (Lipinski definition) is 6. The van der Waals surface area contributed by atoms with Gasteiger partial charge in [-0.05, 0) is 19.8 Å². The van der Waals surface area contributed by atoms with Crippen LogP contribution in [-0.2, 0) is 11.3 Å². The highest BCUT2D eigenvalue weighted by atomic mass is 127. The molecule has 2 aliphatic rings. The molecule has 3 rings (SSSR count). The van der Waals surface area contributed by atoms with Gasteiger partial charge in [-0.15, -0.1) is 35.3 Å². The SMILES string of the molecule is CCNC(=NCc1csc(N(C)C)n1)N1CCN(CC(=O)N2CCCC2)CC1.I. The van der Waals surface area contributed by atoms with Crippen molar-refractivity contribution in [3.63, 3.8) is 0 Å². The summed E-state index contributed by atoms with van der Waals surface area (Å²) < 4.78 is 0. The second-order valence-corrected chi connectivity index (χ2v) is 8.37. The first kappa shape index (κ1) is 24.1. The van der Waals surface area contributed by atoms with Gasteiger partial charge in [0.25, 0.3) is 0 Å². The van der Waals surface area contributed by atoms with E-state index in [1.165, 1.54) is 0 Å². The molecule has 10 heteroatoms. The zero-order valence-electron chi connectivity index (χ0n) is 17.8. The molecule has 0 aromatic carbocycles. The Kier molecular flexibility index (Phi) is 9.90. The molecule has 29 heavy (non-hydrogen) atoms. The largest absolute Gasteiger partial charge is 0.357 e. The van der Waals surface area contributed by atoms with Crippen LogP contribution in [0.1, 0.15) is 25.5 Å². The second kappa shape index (κ2) is 11.9. The Morgan fingerprint density at radius 1 is 1.17 bits per heavy atom. The van der Waals surface area contributed by atoms with Gasteiger partial charge in [-0.25, -0.2) is 9.98 Å². The number of hydrogen-bond donors (Lipinski definition) is 1. The average molecular weight is 536 g/mol. The van der Waals surface area contributed by atoms with Gasteiger partial charge in [0.2, 0.25) is 5.91 Å². The smallest absolute Gasteiger partial charge is 0.236 e. The number of halogens is 1. The number of anilines is 1. The molecule has 0 bridgehead atoms. The van der Waals surface area contributed by atoms with Crippen LogP contribution in [0.5, 0.6) is 0 Å². The van der Waals surface area contributed by atoms with Crippen LogP contribution in [0.25, 0.3) is 0 Å². The molecule has 2 aliphatic heterocycles. The molecule has 3 heterocycles. The van der Waals surface area contributed by atoms with Gasteiger partial charge in [-0.1, -0.05) is 0 Å². The van der Waals surface area contributed by atoms with Crippen LogP contribution in [-0.4, -0.2) is 98.0 Å². The summed E-state index contributed by atoms with van der Waals surface area (Å²) in [5, 5.41) is 6.48. The molecule has 164 valence electrons. The van der Waals surface area contributed by atoms with E-state index in [0.29, 0.717) is 13.1 Å². The number of amides is 1. The number of carbonyl (C=O) groups is 1. The van der Waals surface area contributed by atoms with Crippen LogP contribution in [0, 0.1) is 0 Å². The first-order valence-electron chi connectivity index (χ1n) is 10.2. The van der Waals surface area contributed by atoms with Gasteiger partial charge in [0.1, 0.15) is 0 Å². The number of piperazine rings is 1. The Balaban J connectivity index is 0.00000300. The normalized spacial score (nSPS) is 18.0. The van der Waals surface area contributed by atoms with Crippen molar-refractivity contribution in [2.45, 2.75) is 26.3 Å². The number of aliphatic imine (C=N–C) groups is 1. The van der Waals surface area contributed by atoms with Gasteiger partial charge in [-0.2, -0.15) is 0 Å². The van der Waals surface area contributed by atoms with Gasteiger partial charge < -0.3 is 20.0 Å². The molecule has 8 nitrogen and oxygen atoms in total. The Morgan fingerprint density at radius 3 is 2.45 bits per heavy atom. The molecular weight excluding hydrogens is 501 g/mol. The minimum Gasteiger partial charge on any atom is -0.357 e. The summed E-state index contributed by atoms with van der Waals surface area (Å²) in [6, 6.07) is 0. The lowest BCUT2D eigenvalue weighted by Gasteiger charge is -2.36. The fourth-order valence-corrected chi connectivity index (χ4v) is 4.28. The first-order valence-corrected chi connectivity index (χ1v) is 11.1. The molecule has 0 radical (unpaired) electrons. The number of nitrogens with one attached hydrogen (secondary N) is 1. The van der Waals surface area contributed by atoms with E-state index in [-0.39, 0.29) is 29.9 Å². The third-order valence-corrected chi connectivity index (χ3v) is 6.19. The van der Waals surface area contributed by atoms with Crippen molar-refractivity contribution in [3.05, 3.63) is 11.1 Å². The van der Waals surface area contributed by atoms with E-state index in [1.807, 2.05) is 23.9 Å². The van der Waals surface area contributed by atoms with Crippen molar-refractivity contribution in [1.29, 1.82) is 0 Å². The summed E-state index contributed by atoms with van der Waals surface area (Å²) in [4.78, 5) is 30.4. The summed E-state index contributed by atoms with van der Waals surface area (Å²) in [5.41, 5.74) is 0.999. The van der Waals surface area contributed by atoms with E-state index >= 15 is 0 Å². The van der Waals surface area contributed by atoms with Crippen LogP contribution in [0.4, 0.5) is 5.13 Å². The zero-order valence-corrected chi connectivity index (χ0v) is 20.9. The Morgan fingerprint density at radius 2 is 1.86 bits per heavy atom. The third kappa shape index (κ3) is 6.95. The highest BCUT2D eigenvalue weighted by molar-refractivity contribution is 14.0. The van der Waals surface area contributed by atoms with E-state index in [4.69, 9.17) is 4.99 Å². The summed E-state index contributed by atoms with van der Waals surface area (Å²) in [6.07, 6.45) is 2.30. The molecule has 0 spiro atoms. The maximum absolute atomic E-state index is 12.4. The van der Waals surface area contributed by atoms with E-state index in [9.17, 15) is 4.79 Å². The monoisotopic (exact) mass is 535 g/mol. The van der Waals surface area contributed by atoms with Gasteiger partial charge in [0, 0.05) is 65.3 Å². The minimum atomic E-state index is 0. The number of guanidine groups is 1. The Hall–Kier alpha value is -1.14. The Labute approximate surface area is 195 Å². The maximum atomic E-state index is 12.4. The quantitative estimate of drug-likeness (QED) is 0.339. The highest BCUT2D eigenvalue weighted by Crippen LogP contribution is 2.18. The number of carbonyl (C=O) groups excluding carboxylic acids is 1. The molecular formula is C19H34IN7OS. The predicted octanol–water partition coefficient (Wildman–Crippen LogP) is 1.53. The molecule has 1 N–H and O–H groups in total. The minimum absolute atomic E-state index is 0. The molecule has 0 saturated carbocycles. The van der Waals surface area contributed by atoms with Gasteiger partial charge in [0.05, 0.1) is 18.8 Å². The van der Waals surface area contributed by atoms with Crippen molar-refractivity contribution in [3.8, 4) is 0 Å². The standard InChI is InChI=1S/C19H33N7OS.HI/c1-4-20-18(21-13-16-15-28-19(22-16)23(2)3)26-11-9-24(10-12-26)14-17(27)25-7-5-6-8-25;/h15H,4-14H2,1-3H3,(H,20,21);1H. The van der Waals surface area contributed by atoms with Crippen LogP contribution in [0.3, 0.4) is 0 Å². The van der Waals surface area contributed by atoms with E-state index < -0.39 is 0 Å². The van der Waals surface area contributed by atoms with Crippen molar-refractivity contribution in [2.24, 2.45) is 4.99 Å². The maximum Gasteiger partial charge on any atom is 0.236 e. The van der Waals surface area contributed by atoms with Crippen molar-refractivity contribution >= 4 is 52.3 Å². The van der Waals surface area contributed by atoms with Crippen molar-refractivity contribution in [1.82, 2.24) is 25.0 Å². The van der Waals surface area contributed by atoms with Crippen LogP contribution < -0.4 is 10.2 Å². The Bertz CT molecular complexity index is 667. The lowest BCUT2D eigenvalue weighted by Crippen LogP contribution is -2.54. The molecule has 1 aromatic heterocycles. The second-order valence-electron chi connectivity index (χ2n) is 7.54. The molecule has 2 saturated heterocycles. The highest BCUT2D eigenvalue weighted by Gasteiger charge is 2.24. The average Bonchev–Trinajstić information content (AvgIpc) is 3.38. The molecule has 2 fully saturated rings. The number of aromatic nitrogens is 1. The summed E-state index contributed by atoms with van der Waals surface area (Å²) in [5.74, 6) is 1.22. The van der Waals surface area contributed by atoms with Crippen molar-refractivity contribution < 1.29 is 4.79 Å². The van der Waals surface area contributed by atoms with Crippen molar-refractivity contribution in [2.75, 3.05) is 71.4 Å². The summed E-state index contributed by atoms with van der Waals surface area (Å²) in [6.45, 7) is 9.49. The molecule has 1 aromatic rings. The van der Waals surface area contributed by atoms with E-state index in [0.717, 1.165) is 75.4 Å². The summed E-state index contributed by atoms with van der Waals surface area (Å²) in [7, 11) is 4.01. The van der Waals surface area contributed by atoms with Crippen LogP contribution >= 0.6 is 35.3 Å². The summed E-state index contributed by atoms with van der Waals surface area (Å²) >= 11 is 1.64. The van der Waals surface area contributed by atoms with Crippen LogP contribution in [0.15, 0.2) is 10.4 Å². The first-order chi connectivity index (χ1) is 13.6. The van der Waals surface area contributed by atoms with Gasteiger partial charge in [0.15, 0.2) is 11.1 Å². The predicted molar refractivity (Wildman–Crippen MR) is 130 cm³/mol. The van der Waals surface area contributed by atoms with Gasteiger partial charge in [-0.3, -0.25) is 9.69 Å². The fourth-order valence-electron chi connectivity index (χ4n) is 3.53. The number of nitrogens with zero attached hydrogens (tertiary/aromatic N) is 6. The van der Waals surface area contributed by atoms with Crippen LogP contribution in [0.2, 0.25) is 0 Å². The van der Waals surface area contributed by atoms with Gasteiger partial charge >= 0.3 is 0 Å². The molecule has 1 amide bonds. The van der Waals surface area contributed by atoms with E-state index in [1.54, 1.807) is 11.3 Å². The topological polar surface area (TPSA) is 67.3 Å².